The number of para-hydroxylation sites is 1. The van der Waals surface area contributed by atoms with Crippen molar-refractivity contribution >= 4 is 81.3 Å². The third-order valence-electron chi connectivity index (χ3n) is 3.06. The number of alkyl halides is 6. The first-order valence-electron chi connectivity index (χ1n) is 6.48. The van der Waals surface area contributed by atoms with E-state index in [1.54, 1.807) is 0 Å². The molecular weight excluding hydrogens is 439 g/mol. The Bertz CT molecular complexity index is 781. The first-order chi connectivity index (χ1) is 11.1. The van der Waals surface area contributed by atoms with E-state index in [-0.39, 0.29) is 24.1 Å². The lowest BCUT2D eigenvalue weighted by Crippen LogP contribution is -2.19. The number of ether oxygens (including phenoxy) is 1. The third kappa shape index (κ3) is 4.01. The molecule has 0 aliphatic carbocycles. The first kappa shape index (κ1) is 18.3. The highest BCUT2D eigenvalue weighted by molar-refractivity contribution is 6.67. The summed E-state index contributed by atoms with van der Waals surface area (Å²) in [4.78, 5) is 12.3. The van der Waals surface area contributed by atoms with Crippen molar-refractivity contribution in [2.75, 3.05) is 6.61 Å². The SMILES string of the molecule is ClC(Cl)(Cl)c1nc(C2=Cc3ccccc3OC2)nc(C(Cl)(Cl)Cl)n1. The summed E-state index contributed by atoms with van der Waals surface area (Å²) in [6, 6.07) is 7.51. The summed E-state index contributed by atoms with van der Waals surface area (Å²) >= 11 is 35.2. The fraction of sp³-hybridized carbons (Fsp3) is 0.214. The van der Waals surface area contributed by atoms with E-state index in [9.17, 15) is 0 Å². The lowest BCUT2D eigenvalue weighted by molar-refractivity contribution is 0.365. The molecule has 2 heterocycles. The Morgan fingerprint density at radius 2 is 1.42 bits per heavy atom. The third-order valence-corrected chi connectivity index (χ3v) is 4.08. The van der Waals surface area contributed by atoms with Gasteiger partial charge < -0.3 is 4.74 Å². The standard InChI is InChI=1S/C14H7Cl6N3O/c15-13(16,17)11-21-10(22-12(23-11)14(18,19)20)8-5-7-3-1-2-4-9(7)24-6-8/h1-5H,6H2. The minimum atomic E-state index is -1.89. The van der Waals surface area contributed by atoms with Gasteiger partial charge >= 0.3 is 0 Å². The van der Waals surface area contributed by atoms with Crippen molar-refractivity contribution in [1.29, 1.82) is 0 Å². The second-order valence-corrected chi connectivity index (χ2v) is 9.36. The highest BCUT2D eigenvalue weighted by atomic mass is 35.6. The summed E-state index contributed by atoms with van der Waals surface area (Å²) in [6.45, 7) is 0.222. The van der Waals surface area contributed by atoms with Gasteiger partial charge in [-0.2, -0.15) is 0 Å². The van der Waals surface area contributed by atoms with E-state index in [1.807, 2.05) is 30.3 Å². The molecule has 126 valence electrons. The van der Waals surface area contributed by atoms with Crippen LogP contribution in [0.1, 0.15) is 23.0 Å². The molecule has 0 spiro atoms. The van der Waals surface area contributed by atoms with E-state index in [2.05, 4.69) is 15.0 Å². The summed E-state index contributed by atoms with van der Waals surface area (Å²) in [5.41, 5.74) is 1.51. The Kier molecular flexibility index (Phi) is 5.09. The molecule has 1 aliphatic rings. The number of halogens is 6. The van der Waals surface area contributed by atoms with E-state index < -0.39 is 7.59 Å². The zero-order valence-corrected chi connectivity index (χ0v) is 16.1. The Balaban J connectivity index is 2.13. The molecule has 0 N–H and O–H groups in total. The van der Waals surface area contributed by atoms with Gasteiger partial charge in [0.25, 0.3) is 0 Å². The van der Waals surface area contributed by atoms with Crippen LogP contribution >= 0.6 is 69.6 Å². The van der Waals surface area contributed by atoms with Gasteiger partial charge in [0.15, 0.2) is 17.5 Å². The lowest BCUT2D eigenvalue weighted by atomic mass is 10.1. The van der Waals surface area contributed by atoms with E-state index in [0.717, 1.165) is 11.3 Å². The monoisotopic (exact) mass is 443 g/mol. The largest absolute Gasteiger partial charge is 0.488 e. The van der Waals surface area contributed by atoms with Crippen LogP contribution in [0.15, 0.2) is 24.3 Å². The average Bonchev–Trinajstić information content (AvgIpc) is 2.52. The summed E-state index contributed by atoms with van der Waals surface area (Å²) in [6.07, 6.45) is 1.86. The van der Waals surface area contributed by atoms with Crippen molar-refractivity contribution in [3.63, 3.8) is 0 Å². The van der Waals surface area contributed by atoms with Gasteiger partial charge in [0, 0.05) is 11.1 Å². The van der Waals surface area contributed by atoms with Crippen LogP contribution in [0.2, 0.25) is 0 Å². The molecule has 0 unspecified atom stereocenters. The van der Waals surface area contributed by atoms with Gasteiger partial charge in [-0.05, 0) is 12.1 Å². The molecule has 1 aliphatic heterocycles. The minimum absolute atomic E-state index is 0.140. The van der Waals surface area contributed by atoms with Crippen LogP contribution in [0, 0.1) is 0 Å². The zero-order valence-electron chi connectivity index (χ0n) is 11.6. The Hall–Kier alpha value is -0.490. The first-order valence-corrected chi connectivity index (χ1v) is 8.74. The van der Waals surface area contributed by atoms with Gasteiger partial charge in [0.2, 0.25) is 7.59 Å². The van der Waals surface area contributed by atoms with Crippen LogP contribution in [0.3, 0.4) is 0 Å². The number of hydrogen-bond donors (Lipinski definition) is 0. The lowest BCUT2D eigenvalue weighted by Gasteiger charge is -2.19. The van der Waals surface area contributed by atoms with Crippen LogP contribution in [0.4, 0.5) is 0 Å². The number of nitrogens with zero attached hydrogens (tertiary/aromatic N) is 3. The highest BCUT2D eigenvalue weighted by Crippen LogP contribution is 2.40. The van der Waals surface area contributed by atoms with Crippen molar-refractivity contribution in [3.8, 4) is 5.75 Å². The van der Waals surface area contributed by atoms with Crippen LogP contribution in [-0.2, 0) is 7.59 Å². The van der Waals surface area contributed by atoms with Gasteiger partial charge in [-0.3, -0.25) is 0 Å². The maximum atomic E-state index is 5.87. The number of aromatic nitrogens is 3. The topological polar surface area (TPSA) is 47.9 Å². The molecule has 0 saturated carbocycles. The highest BCUT2D eigenvalue weighted by Gasteiger charge is 2.34. The van der Waals surface area contributed by atoms with Gasteiger partial charge in [0.1, 0.15) is 12.4 Å². The molecule has 10 heteroatoms. The maximum absolute atomic E-state index is 5.87. The zero-order chi connectivity index (χ0) is 17.5. The van der Waals surface area contributed by atoms with Crippen molar-refractivity contribution in [2.45, 2.75) is 7.59 Å². The molecule has 4 nitrogen and oxygen atoms in total. The smallest absolute Gasteiger partial charge is 0.250 e. The van der Waals surface area contributed by atoms with E-state index in [1.165, 1.54) is 0 Å². The van der Waals surface area contributed by atoms with Crippen molar-refractivity contribution in [3.05, 3.63) is 47.3 Å². The fourth-order valence-corrected chi connectivity index (χ4v) is 2.53. The molecule has 2 aromatic rings. The minimum Gasteiger partial charge on any atom is -0.488 e. The van der Waals surface area contributed by atoms with Crippen molar-refractivity contribution in [1.82, 2.24) is 15.0 Å². The summed E-state index contributed by atoms with van der Waals surface area (Å²) in [5.74, 6) is 0.679. The van der Waals surface area contributed by atoms with Gasteiger partial charge in [-0.15, -0.1) is 0 Å². The Morgan fingerprint density at radius 3 is 2.00 bits per heavy atom. The molecule has 0 bridgehead atoms. The molecule has 0 saturated heterocycles. The molecule has 0 amide bonds. The van der Waals surface area contributed by atoms with E-state index >= 15 is 0 Å². The normalized spacial score (nSPS) is 14.7. The molecule has 0 atom stereocenters. The number of rotatable bonds is 1. The van der Waals surface area contributed by atoms with E-state index in [0.29, 0.717) is 5.57 Å². The fourth-order valence-electron chi connectivity index (χ4n) is 2.02. The summed E-state index contributed by atoms with van der Waals surface area (Å²) in [5, 5.41) is 0. The quantitative estimate of drug-likeness (QED) is 0.547. The average molecular weight is 446 g/mol. The van der Waals surface area contributed by atoms with Gasteiger partial charge in [-0.25, -0.2) is 15.0 Å². The molecule has 24 heavy (non-hydrogen) atoms. The second kappa shape index (κ2) is 6.67. The Labute approximate surface area is 167 Å². The number of fused-ring (bicyclic) bond motifs is 1. The van der Waals surface area contributed by atoms with E-state index in [4.69, 9.17) is 74.3 Å². The number of benzene rings is 1. The van der Waals surface area contributed by atoms with Gasteiger partial charge in [-0.1, -0.05) is 87.8 Å². The molecule has 0 radical (unpaired) electrons. The van der Waals surface area contributed by atoms with Crippen LogP contribution in [-0.4, -0.2) is 21.6 Å². The van der Waals surface area contributed by atoms with Gasteiger partial charge in [0.05, 0.1) is 0 Å². The summed E-state index contributed by atoms with van der Waals surface area (Å²) in [7, 11) is 0. The predicted molar refractivity (Wildman–Crippen MR) is 98.1 cm³/mol. The number of hydrogen-bond acceptors (Lipinski definition) is 4. The molecular formula is C14H7Cl6N3O. The molecule has 1 aromatic carbocycles. The Morgan fingerprint density at radius 1 is 0.833 bits per heavy atom. The molecule has 1 aromatic heterocycles. The summed E-state index contributed by atoms with van der Waals surface area (Å²) < 4.78 is 1.89. The van der Waals surface area contributed by atoms with Crippen LogP contribution < -0.4 is 4.74 Å². The maximum Gasteiger partial charge on any atom is 0.250 e. The van der Waals surface area contributed by atoms with Crippen LogP contribution in [0.25, 0.3) is 11.6 Å². The molecule has 3 rings (SSSR count). The van der Waals surface area contributed by atoms with Crippen molar-refractivity contribution in [2.24, 2.45) is 0 Å². The second-order valence-electron chi connectivity index (χ2n) is 4.80. The van der Waals surface area contributed by atoms with Crippen molar-refractivity contribution < 1.29 is 4.74 Å². The predicted octanol–water partition coefficient (Wildman–Crippen LogP) is 5.46. The molecule has 0 fully saturated rings. The van der Waals surface area contributed by atoms with Crippen LogP contribution in [0.5, 0.6) is 5.75 Å².